The van der Waals surface area contributed by atoms with E-state index in [1.54, 1.807) is 13.8 Å². The molecule has 76 valence electrons. The van der Waals surface area contributed by atoms with Gasteiger partial charge in [0.1, 0.15) is 5.82 Å². The highest BCUT2D eigenvalue weighted by atomic mass is 19.2. The second-order valence-corrected chi connectivity index (χ2v) is 3.67. The van der Waals surface area contributed by atoms with Crippen LogP contribution < -0.4 is 0 Å². The van der Waals surface area contributed by atoms with Gasteiger partial charge >= 0.3 is 0 Å². The smallest absolute Gasteiger partial charge is 0.161 e. The average Bonchev–Trinajstić information content (AvgIpc) is 2.11. The van der Waals surface area contributed by atoms with E-state index < -0.39 is 22.9 Å². The summed E-state index contributed by atoms with van der Waals surface area (Å²) in [6.07, 6.45) is 1.49. The first-order valence-corrected chi connectivity index (χ1v) is 4.17. The zero-order chi connectivity index (χ0) is 10.9. The molecule has 0 aliphatic carbocycles. The van der Waals surface area contributed by atoms with Crippen LogP contribution in [0.5, 0.6) is 0 Å². The number of halogens is 3. The van der Waals surface area contributed by atoms with Crippen LogP contribution in [0.15, 0.2) is 24.8 Å². The van der Waals surface area contributed by atoms with Crippen molar-refractivity contribution in [2.75, 3.05) is 0 Å². The van der Waals surface area contributed by atoms with Crippen LogP contribution in [-0.2, 0) is 5.41 Å². The van der Waals surface area contributed by atoms with E-state index in [9.17, 15) is 13.2 Å². The molecule has 1 aromatic rings. The van der Waals surface area contributed by atoms with Gasteiger partial charge in [-0.2, -0.15) is 0 Å². The second kappa shape index (κ2) is 3.48. The molecule has 0 atom stereocenters. The van der Waals surface area contributed by atoms with Gasteiger partial charge in [0.25, 0.3) is 0 Å². The average molecular weight is 200 g/mol. The summed E-state index contributed by atoms with van der Waals surface area (Å²) in [6.45, 7) is 6.87. The summed E-state index contributed by atoms with van der Waals surface area (Å²) in [5.74, 6) is -2.98. The van der Waals surface area contributed by atoms with Crippen LogP contribution in [0.25, 0.3) is 0 Å². The molecule has 1 aromatic carbocycles. The zero-order valence-corrected chi connectivity index (χ0v) is 8.07. The SMILES string of the molecule is C=CC(C)(C)c1cc(F)c(F)cc1F. The maximum atomic E-state index is 13.3. The van der Waals surface area contributed by atoms with E-state index in [0.29, 0.717) is 6.07 Å². The van der Waals surface area contributed by atoms with E-state index in [0.717, 1.165) is 6.07 Å². The Morgan fingerprint density at radius 2 is 1.57 bits per heavy atom. The molecule has 0 fully saturated rings. The summed E-state index contributed by atoms with van der Waals surface area (Å²) in [7, 11) is 0. The zero-order valence-electron chi connectivity index (χ0n) is 8.07. The van der Waals surface area contributed by atoms with E-state index in [1.807, 2.05) is 0 Å². The Bertz CT molecular complexity index is 367. The Labute approximate surface area is 81.1 Å². The number of benzene rings is 1. The molecule has 0 N–H and O–H groups in total. The molecule has 0 nitrogen and oxygen atoms in total. The first kappa shape index (κ1) is 10.8. The van der Waals surface area contributed by atoms with Gasteiger partial charge in [-0.25, -0.2) is 13.2 Å². The number of hydrogen-bond donors (Lipinski definition) is 0. The van der Waals surface area contributed by atoms with Crippen LogP contribution in [-0.4, -0.2) is 0 Å². The third-order valence-electron chi connectivity index (χ3n) is 2.21. The summed E-state index contributed by atoms with van der Waals surface area (Å²) in [6, 6.07) is 1.42. The minimum atomic E-state index is -1.17. The molecule has 0 saturated carbocycles. The van der Waals surface area contributed by atoms with Crippen LogP contribution in [0.4, 0.5) is 13.2 Å². The maximum absolute atomic E-state index is 13.3. The van der Waals surface area contributed by atoms with Gasteiger partial charge in [-0.1, -0.05) is 19.9 Å². The summed E-state index contributed by atoms with van der Waals surface area (Å²) < 4.78 is 38.7. The molecule has 1 rings (SSSR count). The topological polar surface area (TPSA) is 0 Å². The van der Waals surface area contributed by atoms with Crippen molar-refractivity contribution in [3.8, 4) is 0 Å². The van der Waals surface area contributed by atoms with Gasteiger partial charge in [0.15, 0.2) is 11.6 Å². The molecule has 3 heteroatoms. The van der Waals surface area contributed by atoms with Crippen molar-refractivity contribution in [2.24, 2.45) is 0 Å². The monoisotopic (exact) mass is 200 g/mol. The Hall–Kier alpha value is -1.25. The normalized spacial score (nSPS) is 11.5. The third kappa shape index (κ3) is 1.81. The molecule has 0 aliphatic heterocycles. The van der Waals surface area contributed by atoms with Gasteiger partial charge in [-0.3, -0.25) is 0 Å². The summed E-state index contributed by atoms with van der Waals surface area (Å²) in [4.78, 5) is 0. The van der Waals surface area contributed by atoms with Crippen LogP contribution in [0.2, 0.25) is 0 Å². The molecular weight excluding hydrogens is 189 g/mol. The number of allylic oxidation sites excluding steroid dienone is 1. The van der Waals surface area contributed by atoms with E-state index in [2.05, 4.69) is 6.58 Å². The number of rotatable bonds is 2. The lowest BCUT2D eigenvalue weighted by Crippen LogP contribution is -2.16. The van der Waals surface area contributed by atoms with Gasteiger partial charge < -0.3 is 0 Å². The van der Waals surface area contributed by atoms with Crippen LogP contribution in [0.1, 0.15) is 19.4 Å². The lowest BCUT2D eigenvalue weighted by molar-refractivity contribution is 0.478. The van der Waals surface area contributed by atoms with Gasteiger partial charge in [0.05, 0.1) is 0 Å². The Morgan fingerprint density at radius 1 is 1.07 bits per heavy atom. The van der Waals surface area contributed by atoms with Gasteiger partial charge in [-0.05, 0) is 6.07 Å². The predicted octanol–water partition coefficient (Wildman–Crippen LogP) is 3.57. The lowest BCUT2D eigenvalue weighted by Gasteiger charge is -2.21. The number of hydrogen-bond acceptors (Lipinski definition) is 0. The molecule has 14 heavy (non-hydrogen) atoms. The van der Waals surface area contributed by atoms with E-state index in [-0.39, 0.29) is 5.56 Å². The van der Waals surface area contributed by atoms with Gasteiger partial charge in [-0.15, -0.1) is 6.58 Å². The Balaban J connectivity index is 3.36. The van der Waals surface area contributed by atoms with Crippen LogP contribution in [0.3, 0.4) is 0 Å². The molecule has 0 heterocycles. The standard InChI is InChI=1S/C11H11F3/c1-4-11(2,3)7-5-9(13)10(14)6-8(7)12/h4-6H,1H2,2-3H3. The van der Waals surface area contributed by atoms with Gasteiger partial charge in [0, 0.05) is 17.0 Å². The van der Waals surface area contributed by atoms with Crippen LogP contribution in [0, 0.1) is 17.5 Å². The van der Waals surface area contributed by atoms with E-state index >= 15 is 0 Å². The highest BCUT2D eigenvalue weighted by molar-refractivity contribution is 5.30. The molecule has 0 aliphatic rings. The molecule has 0 unspecified atom stereocenters. The first-order valence-electron chi connectivity index (χ1n) is 4.17. The fourth-order valence-electron chi connectivity index (χ4n) is 1.13. The summed E-state index contributed by atoms with van der Waals surface area (Å²) in [5, 5.41) is 0. The van der Waals surface area contributed by atoms with Gasteiger partial charge in [0.2, 0.25) is 0 Å². The van der Waals surface area contributed by atoms with Crippen LogP contribution >= 0.6 is 0 Å². The van der Waals surface area contributed by atoms with Crippen molar-refractivity contribution >= 4 is 0 Å². The predicted molar refractivity (Wildman–Crippen MR) is 49.5 cm³/mol. The Kier molecular flexibility index (Phi) is 2.69. The second-order valence-electron chi connectivity index (χ2n) is 3.67. The third-order valence-corrected chi connectivity index (χ3v) is 2.21. The molecule has 0 amide bonds. The van der Waals surface area contributed by atoms with E-state index in [4.69, 9.17) is 0 Å². The largest absolute Gasteiger partial charge is 0.207 e. The highest BCUT2D eigenvalue weighted by Crippen LogP contribution is 2.28. The molecule has 0 aromatic heterocycles. The van der Waals surface area contributed by atoms with Crippen molar-refractivity contribution < 1.29 is 13.2 Å². The van der Waals surface area contributed by atoms with Crippen molar-refractivity contribution in [1.29, 1.82) is 0 Å². The molecular formula is C11H11F3. The first-order chi connectivity index (χ1) is 6.38. The summed E-state index contributed by atoms with van der Waals surface area (Å²) in [5.41, 5.74) is -0.607. The van der Waals surface area contributed by atoms with Crippen molar-refractivity contribution in [1.82, 2.24) is 0 Å². The lowest BCUT2D eigenvalue weighted by atomic mass is 9.84. The molecule has 0 bridgehead atoms. The molecule has 0 spiro atoms. The molecule has 0 radical (unpaired) electrons. The molecule has 0 saturated heterocycles. The van der Waals surface area contributed by atoms with E-state index in [1.165, 1.54) is 6.08 Å². The highest BCUT2D eigenvalue weighted by Gasteiger charge is 2.22. The fourth-order valence-corrected chi connectivity index (χ4v) is 1.13. The van der Waals surface area contributed by atoms with Crippen molar-refractivity contribution in [2.45, 2.75) is 19.3 Å². The fraction of sp³-hybridized carbons (Fsp3) is 0.273. The summed E-state index contributed by atoms with van der Waals surface area (Å²) >= 11 is 0. The van der Waals surface area contributed by atoms with Crippen molar-refractivity contribution in [3.63, 3.8) is 0 Å². The Morgan fingerprint density at radius 3 is 2.07 bits per heavy atom. The minimum absolute atomic E-state index is 0.103. The minimum Gasteiger partial charge on any atom is -0.207 e. The maximum Gasteiger partial charge on any atom is 0.161 e. The quantitative estimate of drug-likeness (QED) is 0.505. The van der Waals surface area contributed by atoms with Crippen molar-refractivity contribution in [3.05, 3.63) is 47.8 Å².